The van der Waals surface area contributed by atoms with Gasteiger partial charge in [0.25, 0.3) is 0 Å². The van der Waals surface area contributed by atoms with Gasteiger partial charge in [0.2, 0.25) is 0 Å². The Hall–Kier alpha value is -1.48. The van der Waals surface area contributed by atoms with E-state index in [0.29, 0.717) is 0 Å². The molecule has 0 saturated heterocycles. The predicted octanol–water partition coefficient (Wildman–Crippen LogP) is 0.787. The molecule has 0 amide bonds. The summed E-state index contributed by atoms with van der Waals surface area (Å²) in [6.07, 6.45) is 4.97. The first-order chi connectivity index (χ1) is 8.17. The molecule has 0 spiro atoms. The predicted molar refractivity (Wildman–Crippen MR) is 76.9 cm³/mol. The number of unbranched alkanes of at least 4 members (excludes halogenated alkanes) is 2. The standard InChI is InChI=1S/C12H20N2.C2H5N/c1-11-7-8-12(2)14(11)10-6-4-5-9-13-3;1-2-3/h7-8,13H,1-2,4-6,9-10H2,3H3;2H,1,3H2. The summed E-state index contributed by atoms with van der Waals surface area (Å²) in [5.41, 5.74) is 4.61. The van der Waals surface area contributed by atoms with Crippen LogP contribution in [0.4, 0.5) is 0 Å². The first kappa shape index (κ1) is 15.5. The van der Waals surface area contributed by atoms with Crippen LogP contribution in [0.3, 0.4) is 0 Å². The number of nitrogens with two attached hydrogens (primary N) is 1. The lowest BCUT2D eigenvalue weighted by Gasteiger charge is -2.04. The normalized spacial score (nSPS) is 9.47. The van der Waals surface area contributed by atoms with Gasteiger partial charge in [-0.1, -0.05) is 26.2 Å². The fourth-order valence-corrected chi connectivity index (χ4v) is 1.59. The van der Waals surface area contributed by atoms with E-state index < -0.39 is 0 Å². The average Bonchev–Trinajstić information content (AvgIpc) is 2.61. The highest BCUT2D eigenvalue weighted by atomic mass is 14.9. The summed E-state index contributed by atoms with van der Waals surface area (Å²) < 4.78 is 2.18. The molecule has 0 unspecified atom stereocenters. The van der Waals surface area contributed by atoms with Crippen molar-refractivity contribution in [3.63, 3.8) is 0 Å². The second-order valence-electron chi connectivity index (χ2n) is 3.87. The zero-order chi connectivity index (χ0) is 13.1. The number of hydrogen-bond donors (Lipinski definition) is 2. The van der Waals surface area contributed by atoms with Crippen molar-refractivity contribution in [3.8, 4) is 0 Å². The minimum atomic E-state index is 1.05. The third-order valence-corrected chi connectivity index (χ3v) is 2.47. The number of rotatable bonds is 6. The average molecular weight is 235 g/mol. The van der Waals surface area contributed by atoms with E-state index in [-0.39, 0.29) is 0 Å². The Kier molecular flexibility index (Phi) is 8.88. The molecule has 1 aromatic heterocycles. The fraction of sp³-hybridized carbons (Fsp3) is 0.429. The van der Waals surface area contributed by atoms with Crippen LogP contribution in [0.1, 0.15) is 19.3 Å². The van der Waals surface area contributed by atoms with Crippen molar-refractivity contribution in [3.05, 3.63) is 35.6 Å². The summed E-state index contributed by atoms with van der Waals surface area (Å²) in [6, 6.07) is 4.05. The maximum atomic E-state index is 4.61. The van der Waals surface area contributed by atoms with Gasteiger partial charge in [-0.25, -0.2) is 0 Å². The van der Waals surface area contributed by atoms with Gasteiger partial charge in [-0.2, -0.15) is 0 Å². The fourth-order valence-electron chi connectivity index (χ4n) is 1.59. The second-order valence-corrected chi connectivity index (χ2v) is 3.87. The molecule has 96 valence electrons. The van der Waals surface area contributed by atoms with Gasteiger partial charge in [-0.15, -0.1) is 0 Å². The topological polar surface area (TPSA) is 43.0 Å². The van der Waals surface area contributed by atoms with Gasteiger partial charge in [0.05, 0.1) is 0 Å². The van der Waals surface area contributed by atoms with E-state index in [4.69, 9.17) is 0 Å². The van der Waals surface area contributed by atoms with Crippen molar-refractivity contribution in [1.29, 1.82) is 0 Å². The van der Waals surface area contributed by atoms with Gasteiger partial charge in [-0.05, 0) is 44.8 Å². The van der Waals surface area contributed by atoms with E-state index in [2.05, 4.69) is 35.4 Å². The molecule has 0 bridgehead atoms. The highest BCUT2D eigenvalue weighted by Gasteiger charge is 1.93. The van der Waals surface area contributed by atoms with E-state index in [0.717, 1.165) is 23.8 Å². The molecule has 3 nitrogen and oxygen atoms in total. The van der Waals surface area contributed by atoms with E-state index in [9.17, 15) is 0 Å². The maximum Gasteiger partial charge on any atom is 0.0338 e. The smallest absolute Gasteiger partial charge is 0.0338 e. The first-order valence-electron chi connectivity index (χ1n) is 5.98. The monoisotopic (exact) mass is 235 g/mol. The van der Waals surface area contributed by atoms with Crippen LogP contribution in [0.5, 0.6) is 0 Å². The minimum absolute atomic E-state index is 1.05. The van der Waals surface area contributed by atoms with Gasteiger partial charge < -0.3 is 15.6 Å². The van der Waals surface area contributed by atoms with Crippen molar-refractivity contribution in [2.45, 2.75) is 25.8 Å². The van der Waals surface area contributed by atoms with E-state index in [1.54, 1.807) is 0 Å². The molecule has 0 aliphatic carbocycles. The first-order valence-corrected chi connectivity index (χ1v) is 5.98. The summed E-state index contributed by atoms with van der Waals surface area (Å²) in [5, 5.41) is 5.30. The molecule has 3 heteroatoms. The molecule has 0 aliphatic rings. The van der Waals surface area contributed by atoms with Crippen molar-refractivity contribution in [1.82, 2.24) is 9.88 Å². The molecule has 0 fully saturated rings. The lowest BCUT2D eigenvalue weighted by Crippen LogP contribution is -2.24. The zero-order valence-electron chi connectivity index (χ0n) is 10.9. The Bertz CT molecular complexity index is 365. The Morgan fingerprint density at radius 1 is 1.24 bits per heavy atom. The lowest BCUT2D eigenvalue weighted by atomic mass is 10.2. The quantitative estimate of drug-likeness (QED) is 0.716. The molecular formula is C14H25N3. The van der Waals surface area contributed by atoms with E-state index in [1.807, 2.05) is 19.2 Å². The van der Waals surface area contributed by atoms with Crippen LogP contribution in [-0.4, -0.2) is 18.2 Å². The molecule has 17 heavy (non-hydrogen) atoms. The van der Waals surface area contributed by atoms with Gasteiger partial charge >= 0.3 is 0 Å². The summed E-state index contributed by atoms with van der Waals surface area (Å²) >= 11 is 0. The molecule has 0 aromatic carbocycles. The summed E-state index contributed by atoms with van der Waals surface area (Å²) in [6.45, 7) is 13.2. The summed E-state index contributed by atoms with van der Waals surface area (Å²) in [4.78, 5) is 0. The maximum absolute atomic E-state index is 4.61. The molecule has 1 aromatic rings. The summed E-state index contributed by atoms with van der Waals surface area (Å²) in [7, 11) is 1.99. The Balaban J connectivity index is 0.000000770. The number of nitrogens with zero attached hydrogens (tertiary/aromatic N) is 1. The molecule has 0 saturated carbocycles. The number of hydrogen-bond acceptors (Lipinski definition) is 2. The van der Waals surface area contributed by atoms with Crippen molar-refractivity contribution < 1.29 is 0 Å². The second kappa shape index (κ2) is 9.73. The zero-order valence-corrected chi connectivity index (χ0v) is 10.9. The van der Waals surface area contributed by atoms with E-state index in [1.165, 1.54) is 25.5 Å². The third-order valence-electron chi connectivity index (χ3n) is 2.47. The van der Waals surface area contributed by atoms with Gasteiger partial charge in [0.1, 0.15) is 0 Å². The summed E-state index contributed by atoms with van der Waals surface area (Å²) in [5.74, 6) is 0. The molecule has 0 radical (unpaired) electrons. The SMILES string of the molecule is C=CN.C=c1ccc(=C)n1CCCCCNC. The van der Waals surface area contributed by atoms with Crippen LogP contribution in [-0.2, 0) is 6.54 Å². The lowest BCUT2D eigenvalue weighted by molar-refractivity contribution is 0.563. The highest BCUT2D eigenvalue weighted by molar-refractivity contribution is 5.08. The van der Waals surface area contributed by atoms with Crippen molar-refractivity contribution in [2.24, 2.45) is 5.73 Å². The van der Waals surface area contributed by atoms with Crippen LogP contribution in [0.2, 0.25) is 0 Å². The van der Waals surface area contributed by atoms with Crippen molar-refractivity contribution >= 4 is 13.2 Å². The molecule has 0 aliphatic heterocycles. The molecule has 1 rings (SSSR count). The van der Waals surface area contributed by atoms with Crippen LogP contribution >= 0.6 is 0 Å². The highest BCUT2D eigenvalue weighted by Crippen LogP contribution is 1.94. The Morgan fingerprint density at radius 3 is 2.24 bits per heavy atom. The van der Waals surface area contributed by atoms with Crippen LogP contribution < -0.4 is 21.7 Å². The Labute approximate surface area is 104 Å². The number of aromatic nitrogens is 1. The van der Waals surface area contributed by atoms with Crippen LogP contribution in [0.15, 0.2) is 24.9 Å². The molecule has 3 N–H and O–H groups in total. The third kappa shape index (κ3) is 6.64. The minimum Gasteiger partial charge on any atom is -0.405 e. The largest absolute Gasteiger partial charge is 0.405 e. The van der Waals surface area contributed by atoms with Gasteiger partial charge in [-0.3, -0.25) is 0 Å². The molecule has 1 heterocycles. The van der Waals surface area contributed by atoms with Crippen LogP contribution in [0, 0.1) is 0 Å². The molecular weight excluding hydrogens is 210 g/mol. The molecule has 0 atom stereocenters. The Morgan fingerprint density at radius 2 is 1.76 bits per heavy atom. The van der Waals surface area contributed by atoms with Gasteiger partial charge in [0.15, 0.2) is 0 Å². The van der Waals surface area contributed by atoms with Crippen LogP contribution in [0.25, 0.3) is 13.2 Å². The van der Waals surface area contributed by atoms with E-state index >= 15 is 0 Å². The van der Waals surface area contributed by atoms with Gasteiger partial charge in [0, 0.05) is 17.2 Å². The van der Waals surface area contributed by atoms with Crippen molar-refractivity contribution in [2.75, 3.05) is 13.6 Å². The number of nitrogens with one attached hydrogen (secondary N) is 1.